The molecule has 0 aliphatic carbocycles. The van der Waals surface area contributed by atoms with Gasteiger partial charge in [0.2, 0.25) is 0 Å². The fourth-order valence-corrected chi connectivity index (χ4v) is 6.06. The number of nitrogens with zero attached hydrogens (tertiary/aromatic N) is 1. The van der Waals surface area contributed by atoms with Gasteiger partial charge in [0.15, 0.2) is 5.78 Å². The van der Waals surface area contributed by atoms with Crippen LogP contribution in [0.3, 0.4) is 0 Å². The van der Waals surface area contributed by atoms with Gasteiger partial charge < -0.3 is 14.7 Å². The van der Waals surface area contributed by atoms with Crippen molar-refractivity contribution >= 4 is 21.9 Å². The van der Waals surface area contributed by atoms with E-state index < -0.39 is 21.5 Å². The van der Waals surface area contributed by atoms with Crippen LogP contribution in [0.15, 0.2) is 114 Å². The molecule has 0 unspecified atom stereocenters. The molecule has 1 fully saturated rings. The predicted molar refractivity (Wildman–Crippen MR) is 187 cm³/mol. The first-order valence-corrected chi connectivity index (χ1v) is 17.7. The van der Waals surface area contributed by atoms with Crippen molar-refractivity contribution in [2.24, 2.45) is 0 Å². The zero-order valence-electron chi connectivity index (χ0n) is 27.8. The lowest BCUT2D eigenvalue weighted by Gasteiger charge is -2.34. The number of piperidine rings is 1. The van der Waals surface area contributed by atoms with E-state index in [2.05, 4.69) is 53.4 Å². The Balaban J connectivity index is 0.000000401. The smallest absolute Gasteiger partial charge is 0.313 e. The Bertz CT molecular complexity index is 1680. The summed E-state index contributed by atoms with van der Waals surface area (Å²) in [5, 5.41) is 9.40. The van der Waals surface area contributed by atoms with Crippen molar-refractivity contribution in [1.29, 1.82) is 0 Å². The number of carboxylic acid groups (broad SMARTS) is 1. The highest BCUT2D eigenvalue weighted by Gasteiger charge is 2.29. The SMILES string of the molecule is CC(C)(C(=O)O)c1ccc(C(=O)CCCN2CCC(OC(c3ccccc3)c3ccccc3)CC2)cc1.Cc1ccc(S(=O)(=O)O)cc1. The van der Waals surface area contributed by atoms with E-state index in [1.54, 1.807) is 50.2 Å². The summed E-state index contributed by atoms with van der Waals surface area (Å²) in [6.07, 6.45) is 3.39. The number of ether oxygens (including phenoxy) is 1. The van der Waals surface area contributed by atoms with Crippen molar-refractivity contribution in [2.75, 3.05) is 19.6 Å². The lowest BCUT2D eigenvalue weighted by Crippen LogP contribution is -2.38. The summed E-state index contributed by atoms with van der Waals surface area (Å²) in [4.78, 5) is 26.5. The molecule has 2 N–H and O–H groups in total. The summed E-state index contributed by atoms with van der Waals surface area (Å²) in [7, 11) is -4.02. The molecule has 4 aromatic rings. The second-order valence-corrected chi connectivity index (χ2v) is 14.1. The molecule has 1 heterocycles. The van der Waals surface area contributed by atoms with Gasteiger partial charge in [-0.2, -0.15) is 8.42 Å². The molecule has 1 aliphatic rings. The van der Waals surface area contributed by atoms with Gasteiger partial charge in [-0.3, -0.25) is 14.1 Å². The van der Waals surface area contributed by atoms with E-state index in [-0.39, 0.29) is 22.9 Å². The van der Waals surface area contributed by atoms with Crippen molar-refractivity contribution in [3.05, 3.63) is 137 Å². The third kappa shape index (κ3) is 10.4. The van der Waals surface area contributed by atoms with Crippen LogP contribution in [-0.2, 0) is 25.1 Å². The fraction of sp³-hybridized carbons (Fsp3) is 0.333. The fourth-order valence-electron chi connectivity index (χ4n) is 5.58. The molecule has 254 valence electrons. The number of rotatable bonds is 12. The zero-order chi connectivity index (χ0) is 34.7. The molecule has 0 amide bonds. The number of aliphatic carboxylic acids is 1. The standard InChI is InChI=1S/C32H37NO4.C7H8O3S/c1-32(2,31(35)36)27-17-15-24(16-18-27)29(34)14-9-21-33-22-19-28(20-23-33)37-30(25-10-5-3-6-11-25)26-12-7-4-8-13-26;1-6-2-4-7(5-3-6)11(8,9)10/h3-8,10-13,15-18,28,30H,9,14,19-23H2,1-2H3,(H,35,36);2-5H,1H3,(H,8,9,10). The van der Waals surface area contributed by atoms with Gasteiger partial charge in [-0.1, -0.05) is 103 Å². The Labute approximate surface area is 284 Å². The highest BCUT2D eigenvalue weighted by Crippen LogP contribution is 2.30. The molecule has 5 rings (SSSR count). The average Bonchev–Trinajstić information content (AvgIpc) is 3.08. The number of Topliss-reactive ketones (excluding diaryl/α,β-unsaturated/α-hetero) is 1. The Hall–Kier alpha value is -4.15. The molecular weight excluding hydrogens is 626 g/mol. The summed E-state index contributed by atoms with van der Waals surface area (Å²) in [6, 6.07) is 33.8. The van der Waals surface area contributed by atoms with E-state index in [4.69, 9.17) is 9.29 Å². The van der Waals surface area contributed by atoms with Crippen LogP contribution in [0.2, 0.25) is 0 Å². The van der Waals surface area contributed by atoms with E-state index in [1.165, 1.54) is 23.3 Å². The molecule has 1 saturated heterocycles. The quantitative estimate of drug-likeness (QED) is 0.117. The highest BCUT2D eigenvalue weighted by molar-refractivity contribution is 7.85. The van der Waals surface area contributed by atoms with Crippen molar-refractivity contribution in [2.45, 2.75) is 69.0 Å². The number of aryl methyl sites for hydroxylation is 1. The summed E-state index contributed by atoms with van der Waals surface area (Å²) in [6.45, 7) is 8.01. The van der Waals surface area contributed by atoms with Crippen LogP contribution in [0, 0.1) is 6.92 Å². The van der Waals surface area contributed by atoms with Gasteiger partial charge in [-0.25, -0.2) is 0 Å². The minimum atomic E-state index is -4.02. The lowest BCUT2D eigenvalue weighted by atomic mass is 9.84. The predicted octanol–water partition coefficient (Wildman–Crippen LogP) is 7.52. The first kappa shape index (κ1) is 36.7. The number of likely N-dealkylation sites (tertiary alicyclic amines) is 1. The third-order valence-corrected chi connectivity index (χ3v) is 9.60. The summed E-state index contributed by atoms with van der Waals surface area (Å²) >= 11 is 0. The summed E-state index contributed by atoms with van der Waals surface area (Å²) < 4.78 is 36.2. The number of benzene rings is 4. The van der Waals surface area contributed by atoms with Gasteiger partial charge in [0, 0.05) is 25.1 Å². The van der Waals surface area contributed by atoms with E-state index in [0.717, 1.165) is 44.5 Å². The lowest BCUT2D eigenvalue weighted by molar-refractivity contribution is -0.142. The molecule has 0 bridgehead atoms. The molecule has 0 spiro atoms. The van der Waals surface area contributed by atoms with Crippen molar-refractivity contribution in [3.63, 3.8) is 0 Å². The molecule has 1 aliphatic heterocycles. The molecule has 9 heteroatoms. The van der Waals surface area contributed by atoms with Gasteiger partial charge in [-0.05, 0) is 75.4 Å². The van der Waals surface area contributed by atoms with Crippen molar-refractivity contribution < 1.29 is 32.4 Å². The van der Waals surface area contributed by atoms with Crippen LogP contribution in [0.25, 0.3) is 0 Å². The normalized spacial score (nSPS) is 14.3. The minimum absolute atomic E-state index is 0.0657. The van der Waals surface area contributed by atoms with E-state index >= 15 is 0 Å². The second kappa shape index (κ2) is 16.8. The van der Waals surface area contributed by atoms with E-state index in [9.17, 15) is 23.1 Å². The van der Waals surface area contributed by atoms with Crippen LogP contribution in [0.4, 0.5) is 0 Å². The first-order chi connectivity index (χ1) is 22.8. The monoisotopic (exact) mass is 671 g/mol. The Morgan fingerprint density at radius 1 is 0.833 bits per heavy atom. The molecule has 0 saturated carbocycles. The largest absolute Gasteiger partial charge is 0.481 e. The van der Waals surface area contributed by atoms with Crippen LogP contribution < -0.4 is 0 Å². The van der Waals surface area contributed by atoms with Crippen molar-refractivity contribution in [3.8, 4) is 0 Å². The minimum Gasteiger partial charge on any atom is -0.481 e. The van der Waals surface area contributed by atoms with Gasteiger partial charge in [0.25, 0.3) is 10.1 Å². The Kier molecular flexibility index (Phi) is 12.8. The van der Waals surface area contributed by atoms with Gasteiger partial charge in [0.05, 0.1) is 16.4 Å². The molecule has 0 atom stereocenters. The van der Waals surface area contributed by atoms with Crippen molar-refractivity contribution in [1.82, 2.24) is 4.90 Å². The number of ketones is 1. The number of carbonyl (C=O) groups excluding carboxylic acids is 1. The van der Waals surface area contributed by atoms with E-state index in [0.29, 0.717) is 17.5 Å². The molecule has 8 nitrogen and oxygen atoms in total. The van der Waals surface area contributed by atoms with Gasteiger partial charge >= 0.3 is 5.97 Å². The number of hydrogen-bond donors (Lipinski definition) is 2. The summed E-state index contributed by atoms with van der Waals surface area (Å²) in [5.74, 6) is -0.775. The second-order valence-electron chi connectivity index (χ2n) is 12.7. The van der Waals surface area contributed by atoms with Gasteiger partial charge in [-0.15, -0.1) is 0 Å². The average molecular weight is 672 g/mol. The molecular formula is C39H45NO7S. The number of carbonyl (C=O) groups is 2. The summed E-state index contributed by atoms with van der Waals surface area (Å²) in [5.41, 5.74) is 3.67. The van der Waals surface area contributed by atoms with Crippen LogP contribution >= 0.6 is 0 Å². The zero-order valence-corrected chi connectivity index (χ0v) is 28.6. The topological polar surface area (TPSA) is 121 Å². The first-order valence-electron chi connectivity index (χ1n) is 16.2. The maximum atomic E-state index is 12.7. The van der Waals surface area contributed by atoms with Gasteiger partial charge in [0.1, 0.15) is 6.10 Å². The third-order valence-electron chi connectivity index (χ3n) is 8.73. The Morgan fingerprint density at radius 3 is 1.83 bits per heavy atom. The molecule has 0 radical (unpaired) electrons. The number of carboxylic acids is 1. The Morgan fingerprint density at radius 2 is 1.35 bits per heavy atom. The molecule has 48 heavy (non-hydrogen) atoms. The maximum absolute atomic E-state index is 12.7. The molecule has 0 aromatic heterocycles. The maximum Gasteiger partial charge on any atom is 0.313 e. The van der Waals surface area contributed by atoms with Crippen LogP contribution in [0.5, 0.6) is 0 Å². The van der Waals surface area contributed by atoms with Crippen LogP contribution in [-0.4, -0.2) is 60.5 Å². The highest BCUT2D eigenvalue weighted by atomic mass is 32.2. The van der Waals surface area contributed by atoms with E-state index in [1.807, 2.05) is 19.1 Å². The van der Waals surface area contributed by atoms with Crippen LogP contribution in [0.1, 0.15) is 78.2 Å². The number of hydrogen-bond acceptors (Lipinski definition) is 6. The molecule has 4 aromatic carbocycles.